The van der Waals surface area contributed by atoms with Gasteiger partial charge in [0.2, 0.25) is 5.95 Å². The number of carbonyl (C=O) groups is 1. The van der Waals surface area contributed by atoms with Crippen molar-refractivity contribution in [2.75, 3.05) is 31.6 Å². The smallest absolute Gasteiger partial charge is 0.257 e. The number of amides is 1. The van der Waals surface area contributed by atoms with Gasteiger partial charge in [-0.15, -0.1) is 10.2 Å². The van der Waals surface area contributed by atoms with Crippen molar-refractivity contribution in [3.05, 3.63) is 64.7 Å². The topological polar surface area (TPSA) is 75.9 Å². The lowest BCUT2D eigenvalue weighted by atomic mass is 10.1. The molecule has 0 aliphatic carbocycles. The molecular formula is C23H22ClFN6O2. The van der Waals surface area contributed by atoms with Gasteiger partial charge in [0.25, 0.3) is 5.91 Å². The van der Waals surface area contributed by atoms with Gasteiger partial charge in [-0.1, -0.05) is 23.7 Å². The molecule has 0 radical (unpaired) electrons. The predicted molar refractivity (Wildman–Crippen MR) is 123 cm³/mol. The number of fused-ring (bicyclic) bond motifs is 3. The third-order valence-corrected chi connectivity index (χ3v) is 6.14. The minimum absolute atomic E-state index is 0.0832. The van der Waals surface area contributed by atoms with Crippen LogP contribution >= 0.6 is 11.6 Å². The number of carbonyl (C=O) groups excluding carboxylic acids is 1. The van der Waals surface area contributed by atoms with Crippen molar-refractivity contribution in [2.45, 2.75) is 19.6 Å². The van der Waals surface area contributed by atoms with Crippen LogP contribution in [0.15, 0.2) is 42.5 Å². The van der Waals surface area contributed by atoms with Crippen molar-refractivity contribution >= 4 is 40.0 Å². The van der Waals surface area contributed by atoms with E-state index in [0.717, 1.165) is 5.39 Å². The molecule has 1 atom stereocenters. The summed E-state index contributed by atoms with van der Waals surface area (Å²) in [4.78, 5) is 21.7. The SMILES string of the molecule is COCc1nnc2c3ccc(Cl)cc3nc(N3CCN(C(=O)c4ccccc4F)C(C)C3)n12. The van der Waals surface area contributed by atoms with Gasteiger partial charge >= 0.3 is 0 Å². The minimum atomic E-state index is -0.513. The first-order chi connectivity index (χ1) is 16.0. The molecule has 2 aromatic heterocycles. The predicted octanol–water partition coefficient (Wildman–Crippen LogP) is 3.57. The van der Waals surface area contributed by atoms with Gasteiger partial charge in [0.15, 0.2) is 11.5 Å². The van der Waals surface area contributed by atoms with Crippen molar-refractivity contribution in [3.63, 3.8) is 0 Å². The Balaban J connectivity index is 1.52. The molecule has 4 aromatic rings. The lowest BCUT2D eigenvalue weighted by Gasteiger charge is -2.40. The molecule has 0 spiro atoms. The standard InChI is InChI=1S/C23H22ClFN6O2/c1-14-12-29(9-10-30(14)22(32)16-5-3-4-6-18(16)25)23-26-19-11-15(24)7-8-17(19)21-28-27-20(13-33-2)31(21)23/h3-8,11,14H,9-10,12-13H2,1-2H3. The number of aromatic nitrogens is 4. The second kappa shape index (κ2) is 8.57. The van der Waals surface area contributed by atoms with E-state index >= 15 is 0 Å². The van der Waals surface area contributed by atoms with Gasteiger partial charge in [0.05, 0.1) is 11.1 Å². The average Bonchev–Trinajstić information content (AvgIpc) is 3.22. The zero-order valence-electron chi connectivity index (χ0n) is 18.2. The van der Waals surface area contributed by atoms with Crippen LogP contribution in [0.5, 0.6) is 0 Å². The number of benzene rings is 2. The number of anilines is 1. The molecule has 1 unspecified atom stereocenters. The van der Waals surface area contributed by atoms with Crippen molar-refractivity contribution in [1.82, 2.24) is 24.5 Å². The highest BCUT2D eigenvalue weighted by atomic mass is 35.5. The van der Waals surface area contributed by atoms with Crippen LogP contribution in [0.3, 0.4) is 0 Å². The second-order valence-electron chi connectivity index (χ2n) is 8.05. The highest BCUT2D eigenvalue weighted by Gasteiger charge is 2.31. The van der Waals surface area contributed by atoms with Crippen molar-refractivity contribution in [1.29, 1.82) is 0 Å². The molecule has 8 nitrogen and oxygen atoms in total. The number of nitrogens with zero attached hydrogens (tertiary/aromatic N) is 6. The molecule has 10 heteroatoms. The summed E-state index contributed by atoms with van der Waals surface area (Å²) in [6, 6.07) is 11.4. The monoisotopic (exact) mass is 468 g/mol. The Morgan fingerprint density at radius 3 is 2.79 bits per heavy atom. The number of rotatable bonds is 4. The summed E-state index contributed by atoms with van der Waals surface area (Å²) in [7, 11) is 1.60. The summed E-state index contributed by atoms with van der Waals surface area (Å²) in [6.45, 7) is 3.67. The highest BCUT2D eigenvalue weighted by Crippen LogP contribution is 2.28. The van der Waals surface area contributed by atoms with Gasteiger partial charge in [0, 0.05) is 43.2 Å². The van der Waals surface area contributed by atoms with E-state index in [4.69, 9.17) is 21.3 Å². The van der Waals surface area contributed by atoms with Crippen LogP contribution in [-0.2, 0) is 11.3 Å². The Morgan fingerprint density at radius 2 is 2.03 bits per heavy atom. The highest BCUT2D eigenvalue weighted by molar-refractivity contribution is 6.31. The first-order valence-electron chi connectivity index (χ1n) is 10.6. The molecule has 1 saturated heterocycles. The van der Waals surface area contributed by atoms with E-state index in [0.29, 0.717) is 47.6 Å². The number of hydrogen-bond donors (Lipinski definition) is 0. The Hall–Kier alpha value is -3.30. The summed E-state index contributed by atoms with van der Waals surface area (Å²) < 4.78 is 21.4. The summed E-state index contributed by atoms with van der Waals surface area (Å²) in [6.07, 6.45) is 0. The van der Waals surface area contributed by atoms with E-state index in [9.17, 15) is 9.18 Å². The number of ether oxygens (including phenoxy) is 1. The van der Waals surface area contributed by atoms with Crippen molar-refractivity contribution in [2.24, 2.45) is 0 Å². The third-order valence-electron chi connectivity index (χ3n) is 5.90. The fraction of sp³-hybridized carbons (Fsp3) is 0.304. The average molecular weight is 469 g/mol. The Morgan fingerprint density at radius 1 is 1.21 bits per heavy atom. The number of hydrogen-bond acceptors (Lipinski definition) is 6. The Bertz CT molecular complexity index is 1360. The molecule has 0 bridgehead atoms. The zero-order chi connectivity index (χ0) is 23.1. The summed E-state index contributed by atoms with van der Waals surface area (Å²) in [5.74, 6) is 0.458. The molecule has 1 aliphatic rings. The molecule has 3 heterocycles. The number of methoxy groups -OCH3 is 1. The van der Waals surface area contributed by atoms with Crippen molar-refractivity contribution < 1.29 is 13.9 Å². The Kier molecular flexibility index (Phi) is 5.59. The second-order valence-corrected chi connectivity index (χ2v) is 8.49. The quantitative estimate of drug-likeness (QED) is 0.456. The lowest BCUT2D eigenvalue weighted by Crippen LogP contribution is -2.54. The third kappa shape index (κ3) is 3.77. The van der Waals surface area contributed by atoms with Gasteiger partial charge in [-0.2, -0.15) is 0 Å². The number of halogens is 2. The molecule has 0 N–H and O–H groups in total. The van der Waals surface area contributed by atoms with Gasteiger partial charge in [0.1, 0.15) is 12.4 Å². The molecule has 2 aromatic carbocycles. The maximum absolute atomic E-state index is 14.2. The molecule has 1 amide bonds. The zero-order valence-corrected chi connectivity index (χ0v) is 19.0. The number of piperazine rings is 1. The minimum Gasteiger partial charge on any atom is -0.377 e. The molecular weight excluding hydrogens is 447 g/mol. The largest absolute Gasteiger partial charge is 0.377 e. The molecule has 33 heavy (non-hydrogen) atoms. The van der Waals surface area contributed by atoms with E-state index in [-0.39, 0.29) is 24.1 Å². The van der Waals surface area contributed by atoms with Crippen LogP contribution < -0.4 is 4.90 Å². The van der Waals surface area contributed by atoms with Crippen molar-refractivity contribution in [3.8, 4) is 0 Å². The van der Waals surface area contributed by atoms with Gasteiger partial charge in [-0.05, 0) is 37.3 Å². The van der Waals surface area contributed by atoms with E-state index in [1.54, 1.807) is 36.3 Å². The van der Waals surface area contributed by atoms with Crippen LogP contribution in [0.2, 0.25) is 5.02 Å². The first-order valence-corrected chi connectivity index (χ1v) is 11.0. The molecule has 1 aliphatic heterocycles. The molecule has 5 rings (SSSR count). The van der Waals surface area contributed by atoms with E-state index in [1.807, 2.05) is 17.4 Å². The maximum Gasteiger partial charge on any atom is 0.257 e. The summed E-state index contributed by atoms with van der Waals surface area (Å²) >= 11 is 6.22. The summed E-state index contributed by atoms with van der Waals surface area (Å²) in [5.41, 5.74) is 1.45. The van der Waals surface area contributed by atoms with Crippen LogP contribution in [-0.4, -0.2) is 63.2 Å². The van der Waals surface area contributed by atoms with Crippen LogP contribution in [0.4, 0.5) is 10.3 Å². The lowest BCUT2D eigenvalue weighted by molar-refractivity contribution is 0.0668. The van der Waals surface area contributed by atoms with Crippen LogP contribution in [0.1, 0.15) is 23.1 Å². The summed E-state index contributed by atoms with van der Waals surface area (Å²) in [5, 5.41) is 10.1. The van der Waals surface area contributed by atoms with Crippen LogP contribution in [0.25, 0.3) is 16.6 Å². The van der Waals surface area contributed by atoms with Gasteiger partial charge in [-0.25, -0.2) is 13.8 Å². The molecule has 170 valence electrons. The fourth-order valence-corrected chi connectivity index (χ4v) is 4.48. The maximum atomic E-state index is 14.2. The van der Waals surface area contributed by atoms with Crippen LogP contribution in [0, 0.1) is 5.82 Å². The van der Waals surface area contributed by atoms with Gasteiger partial charge < -0.3 is 14.5 Å². The molecule has 0 saturated carbocycles. The Labute approximate surface area is 194 Å². The molecule has 1 fully saturated rings. The fourth-order valence-electron chi connectivity index (χ4n) is 4.31. The van der Waals surface area contributed by atoms with E-state index in [2.05, 4.69) is 15.1 Å². The van der Waals surface area contributed by atoms with E-state index in [1.165, 1.54) is 12.1 Å². The normalized spacial score (nSPS) is 16.7. The van der Waals surface area contributed by atoms with E-state index < -0.39 is 5.82 Å². The first kappa shape index (κ1) is 21.5. The van der Waals surface area contributed by atoms with Gasteiger partial charge in [-0.3, -0.25) is 4.79 Å².